The molecule has 2 aromatic rings. The Hall–Kier alpha value is -1.91. The Morgan fingerprint density at radius 2 is 1.78 bits per heavy atom. The van der Waals surface area contributed by atoms with E-state index in [0.29, 0.717) is 0 Å². The first kappa shape index (κ1) is 12.5. The van der Waals surface area contributed by atoms with E-state index in [-0.39, 0.29) is 5.91 Å². The summed E-state index contributed by atoms with van der Waals surface area (Å²) >= 11 is 0. The molecule has 0 aliphatic carbocycles. The molecular formula is C14H17N3O. The van der Waals surface area contributed by atoms with Crippen LogP contribution in [0.3, 0.4) is 0 Å². The lowest BCUT2D eigenvalue weighted by atomic mass is 10.0. The summed E-state index contributed by atoms with van der Waals surface area (Å²) in [5, 5.41) is 3.23. The van der Waals surface area contributed by atoms with E-state index in [0.717, 1.165) is 21.3 Å². The highest BCUT2D eigenvalue weighted by atomic mass is 16.2. The maximum Gasteiger partial charge on any atom is 0.257 e. The molecule has 0 bridgehead atoms. The van der Waals surface area contributed by atoms with E-state index >= 15 is 0 Å². The molecule has 0 fully saturated rings. The number of hydrogen-bond donors (Lipinski definition) is 2. The highest BCUT2D eigenvalue weighted by Crippen LogP contribution is 2.21. The number of aryl methyl sites for hydroxylation is 1. The van der Waals surface area contributed by atoms with Gasteiger partial charge in [0.2, 0.25) is 0 Å². The van der Waals surface area contributed by atoms with Crippen molar-refractivity contribution in [2.75, 3.05) is 7.05 Å². The van der Waals surface area contributed by atoms with Crippen LogP contribution in [0.5, 0.6) is 0 Å². The normalized spacial score (nSPS) is 12.4. The average molecular weight is 243 g/mol. The Kier molecular flexibility index (Phi) is 3.32. The minimum absolute atomic E-state index is 0.304. The SMILES string of the molecule is Cc1ccc2cc(C(N)C(=O)N(C)N)ccc2c1. The van der Waals surface area contributed by atoms with Crippen LogP contribution in [0, 0.1) is 6.92 Å². The van der Waals surface area contributed by atoms with Crippen LogP contribution in [0.1, 0.15) is 17.2 Å². The third-order valence-electron chi connectivity index (χ3n) is 2.99. The number of benzene rings is 2. The van der Waals surface area contributed by atoms with Crippen LogP contribution >= 0.6 is 0 Å². The number of carbonyl (C=O) groups is 1. The Morgan fingerprint density at radius 3 is 2.44 bits per heavy atom. The van der Waals surface area contributed by atoms with Gasteiger partial charge in [-0.25, -0.2) is 5.84 Å². The van der Waals surface area contributed by atoms with Crippen LogP contribution in [0.15, 0.2) is 36.4 Å². The fourth-order valence-corrected chi connectivity index (χ4v) is 1.94. The first-order valence-electron chi connectivity index (χ1n) is 5.77. The molecule has 0 aromatic heterocycles. The third-order valence-corrected chi connectivity index (χ3v) is 2.99. The van der Waals surface area contributed by atoms with Crippen LogP contribution < -0.4 is 11.6 Å². The molecule has 0 heterocycles. The summed E-state index contributed by atoms with van der Waals surface area (Å²) in [6.07, 6.45) is 0. The molecule has 1 atom stereocenters. The lowest BCUT2D eigenvalue weighted by Gasteiger charge is -2.17. The first-order chi connectivity index (χ1) is 8.49. The molecule has 0 saturated heterocycles. The van der Waals surface area contributed by atoms with Crippen molar-refractivity contribution in [2.45, 2.75) is 13.0 Å². The third kappa shape index (κ3) is 2.34. The summed E-state index contributed by atoms with van der Waals surface area (Å²) in [5.41, 5.74) is 7.87. The standard InChI is InChI=1S/C14H17N3O/c1-9-3-4-11-8-12(6-5-10(11)7-9)13(15)14(18)17(2)16/h3-8,13H,15-16H2,1-2H3. The number of carbonyl (C=O) groups excluding carboxylic acids is 1. The summed E-state index contributed by atoms with van der Waals surface area (Å²) < 4.78 is 0. The second kappa shape index (κ2) is 4.76. The quantitative estimate of drug-likeness (QED) is 0.477. The Labute approximate surface area is 106 Å². The highest BCUT2D eigenvalue weighted by Gasteiger charge is 2.18. The fraction of sp³-hybridized carbons (Fsp3) is 0.214. The number of hydrazine groups is 1. The Bertz CT molecular complexity index is 593. The topological polar surface area (TPSA) is 72.4 Å². The lowest BCUT2D eigenvalue weighted by Crippen LogP contribution is -2.40. The second-order valence-electron chi connectivity index (χ2n) is 4.54. The molecule has 1 amide bonds. The predicted octanol–water partition coefficient (Wildman–Crippen LogP) is 1.48. The van der Waals surface area contributed by atoms with Gasteiger partial charge in [-0.15, -0.1) is 0 Å². The van der Waals surface area contributed by atoms with Crippen LogP contribution in [-0.2, 0) is 4.79 Å². The van der Waals surface area contributed by atoms with Gasteiger partial charge in [0.15, 0.2) is 0 Å². The van der Waals surface area contributed by atoms with Crippen molar-refractivity contribution >= 4 is 16.7 Å². The van der Waals surface area contributed by atoms with Gasteiger partial charge in [0.25, 0.3) is 5.91 Å². The lowest BCUT2D eigenvalue weighted by molar-refractivity contribution is -0.131. The zero-order valence-electron chi connectivity index (χ0n) is 10.6. The van der Waals surface area contributed by atoms with Crippen molar-refractivity contribution in [3.05, 3.63) is 47.5 Å². The fourth-order valence-electron chi connectivity index (χ4n) is 1.94. The molecule has 2 aromatic carbocycles. The Morgan fingerprint density at radius 1 is 1.17 bits per heavy atom. The summed E-state index contributed by atoms with van der Waals surface area (Å²) in [6.45, 7) is 2.05. The summed E-state index contributed by atoms with van der Waals surface area (Å²) in [4.78, 5) is 11.7. The number of fused-ring (bicyclic) bond motifs is 1. The zero-order valence-corrected chi connectivity index (χ0v) is 10.6. The van der Waals surface area contributed by atoms with Crippen LogP contribution in [-0.4, -0.2) is 18.0 Å². The molecule has 0 radical (unpaired) electrons. The van der Waals surface area contributed by atoms with Crippen molar-refractivity contribution in [1.29, 1.82) is 0 Å². The number of likely N-dealkylation sites (N-methyl/N-ethyl adjacent to an activating group) is 1. The van der Waals surface area contributed by atoms with E-state index in [1.807, 2.05) is 37.3 Å². The number of nitrogens with two attached hydrogens (primary N) is 2. The van der Waals surface area contributed by atoms with Gasteiger partial charge in [-0.1, -0.05) is 35.9 Å². The molecule has 94 valence electrons. The number of rotatable bonds is 2. The monoisotopic (exact) mass is 243 g/mol. The van der Waals surface area contributed by atoms with Crippen molar-refractivity contribution < 1.29 is 4.79 Å². The molecule has 4 N–H and O–H groups in total. The minimum Gasteiger partial charge on any atom is -0.316 e. The molecule has 0 aliphatic heterocycles. The molecule has 18 heavy (non-hydrogen) atoms. The van der Waals surface area contributed by atoms with Crippen LogP contribution in [0.25, 0.3) is 10.8 Å². The molecule has 0 saturated carbocycles. The predicted molar refractivity (Wildman–Crippen MR) is 72.6 cm³/mol. The summed E-state index contributed by atoms with van der Waals surface area (Å²) in [7, 11) is 1.49. The molecular weight excluding hydrogens is 226 g/mol. The van der Waals surface area contributed by atoms with Gasteiger partial charge in [0.05, 0.1) is 0 Å². The van der Waals surface area contributed by atoms with Crippen molar-refractivity contribution in [3.63, 3.8) is 0 Å². The zero-order chi connectivity index (χ0) is 13.3. The Balaban J connectivity index is 2.41. The number of nitrogens with zero attached hydrogens (tertiary/aromatic N) is 1. The second-order valence-corrected chi connectivity index (χ2v) is 4.54. The van der Waals surface area contributed by atoms with E-state index in [4.69, 9.17) is 11.6 Å². The average Bonchev–Trinajstić information content (AvgIpc) is 2.36. The van der Waals surface area contributed by atoms with Crippen molar-refractivity contribution in [3.8, 4) is 0 Å². The van der Waals surface area contributed by atoms with Gasteiger partial charge < -0.3 is 5.73 Å². The molecule has 4 nitrogen and oxygen atoms in total. The van der Waals surface area contributed by atoms with Crippen LogP contribution in [0.2, 0.25) is 0 Å². The smallest absolute Gasteiger partial charge is 0.257 e. The number of hydrogen-bond acceptors (Lipinski definition) is 3. The maximum atomic E-state index is 11.7. The van der Waals surface area contributed by atoms with Gasteiger partial charge in [-0.2, -0.15) is 0 Å². The van der Waals surface area contributed by atoms with Gasteiger partial charge in [-0.05, 0) is 29.3 Å². The van der Waals surface area contributed by atoms with E-state index in [1.165, 1.54) is 12.6 Å². The molecule has 1 unspecified atom stereocenters. The molecule has 0 aliphatic rings. The van der Waals surface area contributed by atoms with E-state index < -0.39 is 6.04 Å². The number of amides is 1. The first-order valence-corrected chi connectivity index (χ1v) is 5.77. The van der Waals surface area contributed by atoms with Gasteiger partial charge in [0.1, 0.15) is 6.04 Å². The van der Waals surface area contributed by atoms with E-state index in [1.54, 1.807) is 0 Å². The van der Waals surface area contributed by atoms with Gasteiger partial charge in [-0.3, -0.25) is 9.80 Å². The largest absolute Gasteiger partial charge is 0.316 e. The summed E-state index contributed by atoms with van der Waals surface area (Å²) in [5.74, 6) is 5.11. The maximum absolute atomic E-state index is 11.7. The van der Waals surface area contributed by atoms with E-state index in [9.17, 15) is 4.79 Å². The van der Waals surface area contributed by atoms with Gasteiger partial charge in [0, 0.05) is 7.05 Å². The van der Waals surface area contributed by atoms with Crippen molar-refractivity contribution in [1.82, 2.24) is 5.01 Å². The van der Waals surface area contributed by atoms with Crippen LogP contribution in [0.4, 0.5) is 0 Å². The van der Waals surface area contributed by atoms with E-state index in [2.05, 4.69) is 6.07 Å². The molecule has 2 rings (SSSR count). The molecule has 0 spiro atoms. The van der Waals surface area contributed by atoms with Gasteiger partial charge >= 0.3 is 0 Å². The minimum atomic E-state index is -0.717. The summed E-state index contributed by atoms with van der Waals surface area (Å²) in [6, 6.07) is 11.2. The molecule has 4 heteroatoms. The van der Waals surface area contributed by atoms with Crippen molar-refractivity contribution in [2.24, 2.45) is 11.6 Å². The highest BCUT2D eigenvalue weighted by molar-refractivity contribution is 5.87.